The van der Waals surface area contributed by atoms with Crippen molar-refractivity contribution in [2.24, 2.45) is 0 Å². The third kappa shape index (κ3) is 5.86. The van der Waals surface area contributed by atoms with Gasteiger partial charge in [0.05, 0.1) is 30.2 Å². The van der Waals surface area contributed by atoms with Gasteiger partial charge < -0.3 is 15.0 Å². The molecule has 160 valence electrons. The van der Waals surface area contributed by atoms with E-state index < -0.39 is 6.04 Å². The number of methoxy groups -OCH3 is 1. The van der Waals surface area contributed by atoms with Crippen LogP contribution in [0.1, 0.15) is 33.9 Å². The summed E-state index contributed by atoms with van der Waals surface area (Å²) in [5.74, 6) is 0.313. The van der Waals surface area contributed by atoms with Gasteiger partial charge in [-0.25, -0.2) is 0 Å². The molecule has 1 N–H and O–H groups in total. The van der Waals surface area contributed by atoms with Gasteiger partial charge in [-0.15, -0.1) is 0 Å². The Morgan fingerprint density at radius 2 is 1.61 bits per heavy atom. The first-order chi connectivity index (χ1) is 15.0. The minimum Gasteiger partial charge on any atom is -0.496 e. The Kier molecular flexibility index (Phi) is 7.68. The van der Waals surface area contributed by atoms with Gasteiger partial charge in [0.25, 0.3) is 5.91 Å². The molecule has 6 heteroatoms. The van der Waals surface area contributed by atoms with E-state index in [1.165, 1.54) is 0 Å². The molecule has 3 rings (SSSR count). The molecule has 0 spiro atoms. The van der Waals surface area contributed by atoms with Gasteiger partial charge in [0.1, 0.15) is 5.75 Å². The third-order valence-corrected chi connectivity index (χ3v) is 5.36. The zero-order valence-corrected chi connectivity index (χ0v) is 18.3. The third-order valence-electron chi connectivity index (χ3n) is 5.03. The van der Waals surface area contributed by atoms with Gasteiger partial charge in [-0.05, 0) is 23.8 Å². The van der Waals surface area contributed by atoms with Gasteiger partial charge >= 0.3 is 0 Å². The smallest absolute Gasteiger partial charge is 0.253 e. The summed E-state index contributed by atoms with van der Waals surface area (Å²) in [7, 11) is 3.35. The van der Waals surface area contributed by atoms with Crippen molar-refractivity contribution in [1.82, 2.24) is 10.2 Å². The van der Waals surface area contributed by atoms with Crippen LogP contribution in [0.25, 0.3) is 0 Å². The van der Waals surface area contributed by atoms with Crippen molar-refractivity contribution in [1.29, 1.82) is 0 Å². The standard InChI is InChI=1S/C25H25ClN2O3/c1-28(17-19-12-6-9-15-23(19)31-2)24(29)16-22(18-10-4-3-5-11-18)27-25(30)20-13-7-8-14-21(20)26/h3-15,22H,16-17H2,1-2H3,(H,27,30). The zero-order valence-electron chi connectivity index (χ0n) is 17.5. The average molecular weight is 437 g/mol. The first-order valence-corrected chi connectivity index (χ1v) is 10.3. The lowest BCUT2D eigenvalue weighted by molar-refractivity contribution is -0.130. The Morgan fingerprint density at radius 1 is 0.968 bits per heavy atom. The molecule has 0 heterocycles. The molecule has 1 unspecified atom stereocenters. The van der Waals surface area contributed by atoms with E-state index in [0.717, 1.165) is 16.9 Å². The lowest BCUT2D eigenvalue weighted by atomic mass is 10.0. The van der Waals surface area contributed by atoms with E-state index >= 15 is 0 Å². The van der Waals surface area contributed by atoms with Gasteiger partial charge in [-0.3, -0.25) is 9.59 Å². The second-order valence-corrected chi connectivity index (χ2v) is 7.59. The molecular weight excluding hydrogens is 412 g/mol. The number of hydrogen-bond acceptors (Lipinski definition) is 3. The molecule has 0 aliphatic heterocycles. The lowest BCUT2D eigenvalue weighted by Gasteiger charge is -2.24. The number of benzene rings is 3. The van der Waals surface area contributed by atoms with Crippen LogP contribution in [0, 0.1) is 0 Å². The van der Waals surface area contributed by atoms with E-state index in [1.807, 2.05) is 54.6 Å². The highest BCUT2D eigenvalue weighted by molar-refractivity contribution is 6.33. The summed E-state index contributed by atoms with van der Waals surface area (Å²) in [4.78, 5) is 27.5. The summed E-state index contributed by atoms with van der Waals surface area (Å²) in [5, 5.41) is 3.33. The van der Waals surface area contributed by atoms with Crippen LogP contribution < -0.4 is 10.1 Å². The van der Waals surface area contributed by atoms with E-state index in [1.54, 1.807) is 43.3 Å². The molecular formula is C25H25ClN2O3. The Labute approximate surface area is 187 Å². The van der Waals surface area contributed by atoms with E-state index in [0.29, 0.717) is 17.1 Å². The molecule has 0 saturated carbocycles. The highest BCUT2D eigenvalue weighted by atomic mass is 35.5. The van der Waals surface area contributed by atoms with Crippen LogP contribution in [0.5, 0.6) is 5.75 Å². The van der Waals surface area contributed by atoms with Crippen LogP contribution in [-0.2, 0) is 11.3 Å². The molecule has 0 radical (unpaired) electrons. The summed E-state index contributed by atoms with van der Waals surface area (Å²) >= 11 is 6.18. The molecule has 5 nitrogen and oxygen atoms in total. The molecule has 1 atom stereocenters. The SMILES string of the molecule is COc1ccccc1CN(C)C(=O)CC(NC(=O)c1ccccc1Cl)c1ccccc1. The van der Waals surface area contributed by atoms with Crippen LogP contribution in [0.2, 0.25) is 5.02 Å². The quantitative estimate of drug-likeness (QED) is 0.548. The fourth-order valence-electron chi connectivity index (χ4n) is 3.33. The normalized spacial score (nSPS) is 11.5. The second kappa shape index (κ2) is 10.6. The first-order valence-electron chi connectivity index (χ1n) is 9.95. The fraction of sp³-hybridized carbons (Fsp3) is 0.200. The van der Waals surface area contributed by atoms with Gasteiger partial charge in [0.15, 0.2) is 0 Å². The maximum Gasteiger partial charge on any atom is 0.253 e. The zero-order chi connectivity index (χ0) is 22.2. The number of halogens is 1. The van der Waals surface area contributed by atoms with Gasteiger partial charge in [-0.1, -0.05) is 72.3 Å². The van der Waals surface area contributed by atoms with Gasteiger partial charge in [0.2, 0.25) is 5.91 Å². The van der Waals surface area contributed by atoms with Crippen molar-refractivity contribution in [2.75, 3.05) is 14.2 Å². The van der Waals surface area contributed by atoms with E-state index in [9.17, 15) is 9.59 Å². The van der Waals surface area contributed by atoms with Crippen LogP contribution in [-0.4, -0.2) is 30.9 Å². The molecule has 2 amide bonds. The summed E-state index contributed by atoms with van der Waals surface area (Å²) in [5.41, 5.74) is 2.14. The van der Waals surface area contributed by atoms with E-state index in [2.05, 4.69) is 5.32 Å². The highest BCUT2D eigenvalue weighted by Gasteiger charge is 2.22. The molecule has 3 aromatic rings. The van der Waals surface area contributed by atoms with Gasteiger partial charge in [0, 0.05) is 19.2 Å². The molecule has 0 bridgehead atoms. The molecule has 0 aromatic heterocycles. The lowest BCUT2D eigenvalue weighted by Crippen LogP contribution is -2.34. The Bertz CT molecular complexity index is 1040. The number of ether oxygens (including phenoxy) is 1. The molecule has 31 heavy (non-hydrogen) atoms. The van der Waals surface area contributed by atoms with Crippen LogP contribution >= 0.6 is 11.6 Å². The number of rotatable bonds is 8. The number of carbonyl (C=O) groups is 2. The summed E-state index contributed by atoms with van der Waals surface area (Å²) in [6.07, 6.45) is 0.117. The van der Waals surface area contributed by atoms with E-state index in [4.69, 9.17) is 16.3 Å². The van der Waals surface area contributed by atoms with Crippen LogP contribution in [0.4, 0.5) is 0 Å². The maximum absolute atomic E-state index is 13.0. The average Bonchev–Trinajstić information content (AvgIpc) is 2.79. The van der Waals surface area contributed by atoms with Crippen molar-refractivity contribution in [3.05, 3.63) is 101 Å². The summed E-state index contributed by atoms with van der Waals surface area (Å²) in [6.45, 7) is 0.406. The topological polar surface area (TPSA) is 58.6 Å². The Morgan fingerprint density at radius 3 is 2.32 bits per heavy atom. The molecule has 0 aliphatic rings. The second-order valence-electron chi connectivity index (χ2n) is 7.18. The molecule has 0 aliphatic carbocycles. The number of hydrogen-bond donors (Lipinski definition) is 1. The Balaban J connectivity index is 1.76. The monoisotopic (exact) mass is 436 g/mol. The van der Waals surface area contributed by atoms with Gasteiger partial charge in [-0.2, -0.15) is 0 Å². The van der Waals surface area contributed by atoms with Crippen molar-refractivity contribution in [3.8, 4) is 5.75 Å². The number of nitrogens with one attached hydrogen (secondary N) is 1. The van der Waals surface area contributed by atoms with Crippen LogP contribution in [0.15, 0.2) is 78.9 Å². The summed E-state index contributed by atoms with van der Waals surface area (Å²) in [6, 6.07) is 23.4. The van der Waals surface area contributed by atoms with Crippen molar-refractivity contribution >= 4 is 23.4 Å². The van der Waals surface area contributed by atoms with Crippen molar-refractivity contribution < 1.29 is 14.3 Å². The minimum absolute atomic E-state index is 0.0979. The summed E-state index contributed by atoms with van der Waals surface area (Å²) < 4.78 is 5.38. The molecule has 0 saturated heterocycles. The number of nitrogens with zero attached hydrogens (tertiary/aromatic N) is 1. The predicted molar refractivity (Wildman–Crippen MR) is 122 cm³/mol. The largest absolute Gasteiger partial charge is 0.496 e. The molecule has 3 aromatic carbocycles. The van der Waals surface area contributed by atoms with Crippen LogP contribution in [0.3, 0.4) is 0 Å². The highest BCUT2D eigenvalue weighted by Crippen LogP contribution is 2.23. The minimum atomic E-state index is -0.488. The van der Waals surface area contributed by atoms with E-state index in [-0.39, 0.29) is 18.2 Å². The first kappa shape index (κ1) is 22.4. The number of para-hydroxylation sites is 1. The van der Waals surface area contributed by atoms with Crippen molar-refractivity contribution in [2.45, 2.75) is 19.0 Å². The fourth-order valence-corrected chi connectivity index (χ4v) is 3.55. The van der Waals surface area contributed by atoms with Crippen molar-refractivity contribution in [3.63, 3.8) is 0 Å². The predicted octanol–water partition coefficient (Wildman–Crippen LogP) is 4.87. The number of amides is 2. The maximum atomic E-state index is 13.0. The molecule has 0 fully saturated rings. The number of carbonyl (C=O) groups excluding carboxylic acids is 2. The Hall–Kier alpha value is -3.31.